The molecule has 2 heterocycles. The van der Waals surface area contributed by atoms with Crippen molar-refractivity contribution in [2.75, 3.05) is 18.4 Å². The van der Waals surface area contributed by atoms with Crippen molar-refractivity contribution in [3.05, 3.63) is 45.9 Å². The average molecular weight is 372 g/mol. The fourth-order valence-electron chi connectivity index (χ4n) is 2.39. The minimum atomic E-state index is 0. The van der Waals surface area contributed by atoms with Crippen molar-refractivity contribution in [2.45, 2.75) is 13.3 Å². The molecule has 1 unspecified atom stereocenters. The van der Waals surface area contributed by atoms with Gasteiger partial charge in [0.2, 0.25) is 5.91 Å². The Hall–Kier alpha value is -1.14. The molecule has 1 atom stereocenters. The Kier molecular flexibility index (Phi) is 6.41. The Labute approximate surface area is 151 Å². The Bertz CT molecular complexity index is 673. The number of nitrogens with one attached hydrogen (secondary N) is 2. The molecule has 0 spiro atoms. The van der Waals surface area contributed by atoms with Gasteiger partial charge < -0.3 is 10.6 Å². The molecular formula is C16H19Cl2N3OS. The van der Waals surface area contributed by atoms with Crippen LogP contribution in [0.25, 0.3) is 0 Å². The summed E-state index contributed by atoms with van der Waals surface area (Å²) >= 11 is 7.51. The summed E-state index contributed by atoms with van der Waals surface area (Å²) < 4.78 is 0. The standard InChI is InChI=1S/C16H18ClN3OS.ClH/c1-10(12-7-18-8-12)15(21)20-16-19-9-14(22-16)6-11-3-2-4-13(17)5-11;/h2-5,9-10,12,18H,6-8H2,1H3,(H,19,20,21);1H. The van der Waals surface area contributed by atoms with Crippen LogP contribution in [0.15, 0.2) is 30.5 Å². The molecule has 1 amide bonds. The predicted molar refractivity (Wildman–Crippen MR) is 97.8 cm³/mol. The zero-order valence-electron chi connectivity index (χ0n) is 12.7. The van der Waals surface area contributed by atoms with Gasteiger partial charge in [0.25, 0.3) is 0 Å². The van der Waals surface area contributed by atoms with Crippen molar-refractivity contribution in [2.24, 2.45) is 11.8 Å². The molecule has 0 saturated carbocycles. The number of amides is 1. The fourth-order valence-corrected chi connectivity index (χ4v) is 3.46. The van der Waals surface area contributed by atoms with Gasteiger partial charge in [0.1, 0.15) is 0 Å². The van der Waals surface area contributed by atoms with E-state index in [0.29, 0.717) is 11.0 Å². The van der Waals surface area contributed by atoms with Crippen molar-refractivity contribution >= 4 is 46.4 Å². The van der Waals surface area contributed by atoms with E-state index in [1.165, 1.54) is 11.3 Å². The van der Waals surface area contributed by atoms with Gasteiger partial charge in [0, 0.05) is 28.4 Å². The molecular weight excluding hydrogens is 353 g/mol. The van der Waals surface area contributed by atoms with E-state index < -0.39 is 0 Å². The number of anilines is 1. The number of halogens is 2. The molecule has 1 aliphatic heterocycles. The fraction of sp³-hybridized carbons (Fsp3) is 0.375. The Morgan fingerprint density at radius 3 is 2.96 bits per heavy atom. The van der Waals surface area contributed by atoms with E-state index in [-0.39, 0.29) is 24.2 Å². The van der Waals surface area contributed by atoms with Crippen LogP contribution >= 0.6 is 35.3 Å². The number of hydrogen-bond donors (Lipinski definition) is 2. The maximum Gasteiger partial charge on any atom is 0.229 e. The smallest absolute Gasteiger partial charge is 0.229 e. The Balaban J connectivity index is 0.00000192. The first kappa shape index (κ1) is 18.2. The van der Waals surface area contributed by atoms with E-state index >= 15 is 0 Å². The normalized spacial score (nSPS) is 15.4. The van der Waals surface area contributed by atoms with Crippen LogP contribution in [-0.4, -0.2) is 24.0 Å². The molecule has 23 heavy (non-hydrogen) atoms. The topological polar surface area (TPSA) is 54.0 Å². The van der Waals surface area contributed by atoms with E-state index in [1.807, 2.05) is 37.4 Å². The summed E-state index contributed by atoms with van der Waals surface area (Å²) in [7, 11) is 0. The quantitative estimate of drug-likeness (QED) is 0.843. The van der Waals surface area contributed by atoms with Crippen molar-refractivity contribution in [3.63, 3.8) is 0 Å². The molecule has 2 N–H and O–H groups in total. The second-order valence-electron chi connectivity index (χ2n) is 5.63. The number of carbonyl (C=O) groups excluding carboxylic acids is 1. The van der Waals surface area contributed by atoms with Gasteiger partial charge in [-0.25, -0.2) is 4.98 Å². The van der Waals surface area contributed by atoms with Crippen LogP contribution in [0.1, 0.15) is 17.4 Å². The van der Waals surface area contributed by atoms with Crippen molar-refractivity contribution in [3.8, 4) is 0 Å². The first-order valence-electron chi connectivity index (χ1n) is 7.32. The number of nitrogens with zero attached hydrogens (tertiary/aromatic N) is 1. The first-order chi connectivity index (χ1) is 10.6. The third-order valence-corrected chi connectivity index (χ3v) is 5.13. The molecule has 2 aromatic rings. The molecule has 0 radical (unpaired) electrons. The summed E-state index contributed by atoms with van der Waals surface area (Å²) in [5, 5.41) is 7.52. The van der Waals surface area contributed by atoms with Crippen LogP contribution < -0.4 is 10.6 Å². The maximum atomic E-state index is 12.2. The largest absolute Gasteiger partial charge is 0.316 e. The number of rotatable bonds is 5. The second kappa shape index (κ2) is 8.11. The van der Waals surface area contributed by atoms with Crippen LogP contribution in [0.2, 0.25) is 5.02 Å². The lowest BCUT2D eigenvalue weighted by atomic mass is 9.88. The van der Waals surface area contributed by atoms with Gasteiger partial charge >= 0.3 is 0 Å². The molecule has 1 fully saturated rings. The van der Waals surface area contributed by atoms with Crippen LogP contribution in [0.3, 0.4) is 0 Å². The average Bonchev–Trinajstić information content (AvgIpc) is 2.84. The van der Waals surface area contributed by atoms with Crippen molar-refractivity contribution in [1.82, 2.24) is 10.3 Å². The van der Waals surface area contributed by atoms with Crippen molar-refractivity contribution < 1.29 is 4.79 Å². The number of aromatic nitrogens is 1. The van der Waals surface area contributed by atoms with E-state index in [2.05, 4.69) is 15.6 Å². The molecule has 1 aromatic carbocycles. The summed E-state index contributed by atoms with van der Waals surface area (Å²) in [5.74, 6) is 0.502. The molecule has 4 nitrogen and oxygen atoms in total. The molecule has 3 rings (SSSR count). The summed E-state index contributed by atoms with van der Waals surface area (Å²) in [6.07, 6.45) is 2.59. The van der Waals surface area contributed by atoms with Crippen LogP contribution in [0, 0.1) is 11.8 Å². The van der Waals surface area contributed by atoms with Gasteiger partial charge in [-0.05, 0) is 36.7 Å². The Morgan fingerprint density at radius 1 is 1.52 bits per heavy atom. The number of carbonyl (C=O) groups is 1. The predicted octanol–water partition coefficient (Wildman–Crippen LogP) is 3.60. The van der Waals surface area contributed by atoms with Crippen LogP contribution in [0.5, 0.6) is 0 Å². The highest BCUT2D eigenvalue weighted by Gasteiger charge is 2.29. The zero-order chi connectivity index (χ0) is 15.5. The van der Waals surface area contributed by atoms with Gasteiger partial charge in [-0.3, -0.25) is 4.79 Å². The number of thiazole rings is 1. The number of hydrogen-bond acceptors (Lipinski definition) is 4. The summed E-state index contributed by atoms with van der Waals surface area (Å²) in [6, 6.07) is 7.79. The molecule has 7 heteroatoms. The lowest BCUT2D eigenvalue weighted by Crippen LogP contribution is -2.48. The first-order valence-corrected chi connectivity index (χ1v) is 8.52. The lowest BCUT2D eigenvalue weighted by Gasteiger charge is -2.31. The molecule has 1 aromatic heterocycles. The van der Waals surface area contributed by atoms with E-state index in [4.69, 9.17) is 11.6 Å². The summed E-state index contributed by atoms with van der Waals surface area (Å²) in [6.45, 7) is 3.82. The maximum absolute atomic E-state index is 12.2. The van der Waals surface area contributed by atoms with Gasteiger partial charge in [0.15, 0.2) is 5.13 Å². The van der Waals surface area contributed by atoms with Crippen LogP contribution in [-0.2, 0) is 11.2 Å². The summed E-state index contributed by atoms with van der Waals surface area (Å²) in [4.78, 5) is 17.6. The highest BCUT2D eigenvalue weighted by Crippen LogP contribution is 2.24. The van der Waals surface area contributed by atoms with E-state index in [9.17, 15) is 4.79 Å². The monoisotopic (exact) mass is 371 g/mol. The molecule has 1 saturated heterocycles. The van der Waals surface area contributed by atoms with Gasteiger partial charge in [-0.1, -0.05) is 30.7 Å². The molecule has 0 aliphatic carbocycles. The Morgan fingerprint density at radius 2 is 2.30 bits per heavy atom. The highest BCUT2D eigenvalue weighted by atomic mass is 35.5. The van der Waals surface area contributed by atoms with Crippen LogP contribution in [0.4, 0.5) is 5.13 Å². The molecule has 0 bridgehead atoms. The third kappa shape index (κ3) is 4.67. The minimum absolute atomic E-state index is 0. The summed E-state index contributed by atoms with van der Waals surface area (Å²) in [5.41, 5.74) is 1.14. The van der Waals surface area contributed by atoms with E-state index in [0.717, 1.165) is 35.0 Å². The van der Waals surface area contributed by atoms with Crippen molar-refractivity contribution in [1.29, 1.82) is 0 Å². The second-order valence-corrected chi connectivity index (χ2v) is 7.19. The molecule has 124 valence electrons. The van der Waals surface area contributed by atoms with Gasteiger partial charge in [-0.2, -0.15) is 0 Å². The van der Waals surface area contributed by atoms with Gasteiger partial charge in [0.05, 0.1) is 0 Å². The lowest BCUT2D eigenvalue weighted by molar-refractivity contribution is -0.121. The zero-order valence-corrected chi connectivity index (χ0v) is 15.1. The van der Waals surface area contributed by atoms with E-state index in [1.54, 1.807) is 0 Å². The third-order valence-electron chi connectivity index (χ3n) is 3.98. The number of benzene rings is 1. The SMILES string of the molecule is CC(C(=O)Nc1ncc(Cc2cccc(Cl)c2)s1)C1CNC1.Cl. The van der Waals surface area contributed by atoms with Gasteiger partial charge in [-0.15, -0.1) is 23.7 Å². The highest BCUT2D eigenvalue weighted by molar-refractivity contribution is 7.15. The molecule has 1 aliphatic rings. The minimum Gasteiger partial charge on any atom is -0.316 e.